The highest BCUT2D eigenvalue weighted by molar-refractivity contribution is 5.79. The number of hydrogen-bond acceptors (Lipinski definition) is 3. The molecule has 1 aromatic carbocycles. The van der Waals surface area contributed by atoms with E-state index in [4.69, 9.17) is 4.74 Å². The van der Waals surface area contributed by atoms with E-state index < -0.39 is 0 Å². The number of pyridine rings is 1. The SMILES string of the molecule is CCCNC(COc1ccc2cccnc2c1)C(C)C. The maximum Gasteiger partial charge on any atom is 0.121 e. The van der Waals surface area contributed by atoms with Crippen LogP contribution in [-0.2, 0) is 0 Å². The Hall–Kier alpha value is -1.61. The van der Waals surface area contributed by atoms with Crippen molar-refractivity contribution in [1.82, 2.24) is 10.3 Å². The van der Waals surface area contributed by atoms with E-state index in [1.54, 1.807) is 0 Å². The van der Waals surface area contributed by atoms with Crippen LogP contribution in [0.25, 0.3) is 10.9 Å². The quantitative estimate of drug-likeness (QED) is 0.835. The van der Waals surface area contributed by atoms with Gasteiger partial charge in [0.15, 0.2) is 0 Å². The number of rotatable bonds is 7. The maximum absolute atomic E-state index is 5.93. The van der Waals surface area contributed by atoms with Crippen molar-refractivity contribution in [1.29, 1.82) is 0 Å². The standard InChI is InChI=1S/C17H24N2O/c1-4-9-18-17(13(2)3)12-20-15-8-7-14-6-5-10-19-16(14)11-15/h5-8,10-11,13,17-18H,4,9,12H2,1-3H3. The lowest BCUT2D eigenvalue weighted by Crippen LogP contribution is -2.39. The third kappa shape index (κ3) is 3.94. The molecule has 0 bridgehead atoms. The second-order valence-electron chi connectivity index (χ2n) is 5.47. The number of fused-ring (bicyclic) bond motifs is 1. The first-order valence-corrected chi connectivity index (χ1v) is 7.41. The zero-order chi connectivity index (χ0) is 14.4. The van der Waals surface area contributed by atoms with Crippen LogP contribution in [0.4, 0.5) is 0 Å². The number of aromatic nitrogens is 1. The maximum atomic E-state index is 5.93. The summed E-state index contributed by atoms with van der Waals surface area (Å²) < 4.78 is 5.93. The molecule has 3 heteroatoms. The molecule has 1 aromatic heterocycles. The minimum atomic E-state index is 0.384. The molecule has 1 N–H and O–H groups in total. The van der Waals surface area contributed by atoms with Gasteiger partial charge in [-0.25, -0.2) is 0 Å². The van der Waals surface area contributed by atoms with Gasteiger partial charge in [-0.15, -0.1) is 0 Å². The van der Waals surface area contributed by atoms with Crippen molar-refractivity contribution < 1.29 is 4.74 Å². The highest BCUT2D eigenvalue weighted by Gasteiger charge is 2.13. The number of nitrogens with zero attached hydrogens (tertiary/aromatic N) is 1. The molecule has 108 valence electrons. The first-order chi connectivity index (χ1) is 9.70. The smallest absolute Gasteiger partial charge is 0.121 e. The summed E-state index contributed by atoms with van der Waals surface area (Å²) in [6.07, 6.45) is 2.95. The van der Waals surface area contributed by atoms with E-state index in [0.717, 1.165) is 29.6 Å². The predicted octanol–water partition coefficient (Wildman–Crippen LogP) is 3.64. The summed E-state index contributed by atoms with van der Waals surface area (Å²) in [6, 6.07) is 10.5. The summed E-state index contributed by atoms with van der Waals surface area (Å²) in [6.45, 7) is 8.35. The molecule has 0 spiro atoms. The largest absolute Gasteiger partial charge is 0.492 e. The number of nitrogens with one attached hydrogen (secondary N) is 1. The molecule has 0 fully saturated rings. The second kappa shape index (κ2) is 7.25. The van der Waals surface area contributed by atoms with Gasteiger partial charge < -0.3 is 10.1 Å². The Bertz CT molecular complexity index is 539. The molecular weight excluding hydrogens is 248 g/mol. The van der Waals surface area contributed by atoms with Crippen LogP contribution in [-0.4, -0.2) is 24.2 Å². The fourth-order valence-corrected chi connectivity index (χ4v) is 2.14. The molecule has 0 saturated carbocycles. The summed E-state index contributed by atoms with van der Waals surface area (Å²) in [7, 11) is 0. The van der Waals surface area contributed by atoms with E-state index in [1.807, 2.05) is 24.4 Å². The topological polar surface area (TPSA) is 34.1 Å². The van der Waals surface area contributed by atoms with Crippen LogP contribution in [0.5, 0.6) is 5.75 Å². The molecule has 1 atom stereocenters. The summed E-state index contributed by atoms with van der Waals surface area (Å²) in [4.78, 5) is 4.36. The molecule has 0 saturated heterocycles. The van der Waals surface area contributed by atoms with Crippen molar-refractivity contribution in [3.8, 4) is 5.75 Å². The van der Waals surface area contributed by atoms with Gasteiger partial charge in [0.1, 0.15) is 12.4 Å². The number of hydrogen-bond donors (Lipinski definition) is 1. The lowest BCUT2D eigenvalue weighted by Gasteiger charge is -2.22. The summed E-state index contributed by atoms with van der Waals surface area (Å²) in [5.41, 5.74) is 0.979. The Morgan fingerprint density at radius 3 is 2.85 bits per heavy atom. The van der Waals surface area contributed by atoms with E-state index >= 15 is 0 Å². The van der Waals surface area contributed by atoms with Crippen LogP contribution in [0.15, 0.2) is 36.5 Å². The Morgan fingerprint density at radius 2 is 2.10 bits per heavy atom. The minimum absolute atomic E-state index is 0.384. The van der Waals surface area contributed by atoms with Gasteiger partial charge in [-0.2, -0.15) is 0 Å². The summed E-state index contributed by atoms with van der Waals surface area (Å²) >= 11 is 0. The average molecular weight is 272 g/mol. The molecule has 0 radical (unpaired) electrons. The molecule has 2 rings (SSSR count). The lowest BCUT2D eigenvalue weighted by molar-refractivity contribution is 0.231. The van der Waals surface area contributed by atoms with Gasteiger partial charge in [0.05, 0.1) is 5.52 Å². The van der Waals surface area contributed by atoms with Crippen LogP contribution in [0, 0.1) is 5.92 Å². The normalized spacial score (nSPS) is 12.8. The lowest BCUT2D eigenvalue weighted by atomic mass is 10.1. The predicted molar refractivity (Wildman–Crippen MR) is 84.2 cm³/mol. The van der Waals surface area contributed by atoms with E-state index in [0.29, 0.717) is 18.6 Å². The van der Waals surface area contributed by atoms with Gasteiger partial charge in [0, 0.05) is 23.7 Å². The molecule has 1 unspecified atom stereocenters. The van der Waals surface area contributed by atoms with E-state index in [2.05, 4.69) is 43.2 Å². The Morgan fingerprint density at radius 1 is 1.25 bits per heavy atom. The molecule has 0 aliphatic carbocycles. The molecule has 3 nitrogen and oxygen atoms in total. The van der Waals surface area contributed by atoms with Gasteiger partial charge in [-0.3, -0.25) is 4.98 Å². The van der Waals surface area contributed by atoms with E-state index in [1.165, 1.54) is 0 Å². The van der Waals surface area contributed by atoms with E-state index in [-0.39, 0.29) is 0 Å². The van der Waals surface area contributed by atoms with Crippen LogP contribution in [0.1, 0.15) is 27.2 Å². The van der Waals surface area contributed by atoms with Crippen LogP contribution in [0.2, 0.25) is 0 Å². The monoisotopic (exact) mass is 272 g/mol. The van der Waals surface area contributed by atoms with E-state index in [9.17, 15) is 0 Å². The highest BCUT2D eigenvalue weighted by atomic mass is 16.5. The van der Waals surface area contributed by atoms with Crippen LogP contribution < -0.4 is 10.1 Å². The van der Waals surface area contributed by atoms with Gasteiger partial charge >= 0.3 is 0 Å². The summed E-state index contributed by atoms with van der Waals surface area (Å²) in [5.74, 6) is 1.44. The molecule has 1 heterocycles. The molecular formula is C17H24N2O. The molecule has 2 aromatic rings. The highest BCUT2D eigenvalue weighted by Crippen LogP contribution is 2.19. The first-order valence-electron chi connectivity index (χ1n) is 7.41. The molecule has 20 heavy (non-hydrogen) atoms. The minimum Gasteiger partial charge on any atom is -0.492 e. The average Bonchev–Trinajstić information content (AvgIpc) is 2.46. The Balaban J connectivity index is 2.00. The third-order valence-electron chi connectivity index (χ3n) is 3.47. The van der Waals surface area contributed by atoms with Gasteiger partial charge in [-0.1, -0.05) is 26.8 Å². The van der Waals surface area contributed by atoms with Crippen molar-refractivity contribution in [2.45, 2.75) is 33.2 Å². The first kappa shape index (κ1) is 14.8. The van der Waals surface area contributed by atoms with Crippen molar-refractivity contribution >= 4 is 10.9 Å². The number of benzene rings is 1. The van der Waals surface area contributed by atoms with Crippen molar-refractivity contribution in [3.05, 3.63) is 36.5 Å². The van der Waals surface area contributed by atoms with Crippen LogP contribution in [0.3, 0.4) is 0 Å². The fraction of sp³-hybridized carbons (Fsp3) is 0.471. The third-order valence-corrected chi connectivity index (χ3v) is 3.47. The second-order valence-corrected chi connectivity index (χ2v) is 5.47. The van der Waals surface area contributed by atoms with Crippen molar-refractivity contribution in [2.75, 3.05) is 13.2 Å². The zero-order valence-corrected chi connectivity index (χ0v) is 12.6. The van der Waals surface area contributed by atoms with Crippen molar-refractivity contribution in [2.24, 2.45) is 5.92 Å². The number of ether oxygens (including phenoxy) is 1. The van der Waals surface area contributed by atoms with Gasteiger partial charge in [0.25, 0.3) is 0 Å². The molecule has 0 aliphatic rings. The fourth-order valence-electron chi connectivity index (χ4n) is 2.14. The zero-order valence-electron chi connectivity index (χ0n) is 12.6. The molecule has 0 aliphatic heterocycles. The Labute approximate surface area is 121 Å². The van der Waals surface area contributed by atoms with Crippen molar-refractivity contribution in [3.63, 3.8) is 0 Å². The van der Waals surface area contributed by atoms with Gasteiger partial charge in [0.2, 0.25) is 0 Å². The van der Waals surface area contributed by atoms with Crippen LogP contribution >= 0.6 is 0 Å². The summed E-state index contributed by atoms with van der Waals surface area (Å²) in [5, 5.41) is 4.68. The Kier molecular flexibility index (Phi) is 5.36. The molecule has 0 amide bonds. The van der Waals surface area contributed by atoms with Gasteiger partial charge in [-0.05, 0) is 37.1 Å².